The number of carboxylic acids is 1. The Morgan fingerprint density at radius 3 is 2.33 bits per heavy atom. The molecular formula is C14H20N2O2. The summed E-state index contributed by atoms with van der Waals surface area (Å²) in [5.74, 6) is -0.886. The highest BCUT2D eigenvalue weighted by molar-refractivity contribution is 5.79. The van der Waals surface area contributed by atoms with Gasteiger partial charge in [0.2, 0.25) is 0 Å². The third kappa shape index (κ3) is 2.48. The van der Waals surface area contributed by atoms with E-state index in [4.69, 9.17) is 10.8 Å². The summed E-state index contributed by atoms with van der Waals surface area (Å²) < 4.78 is 0. The van der Waals surface area contributed by atoms with Crippen molar-refractivity contribution in [3.05, 3.63) is 29.8 Å². The number of hydrogen-bond acceptors (Lipinski definition) is 3. The molecule has 1 fully saturated rings. The fourth-order valence-electron chi connectivity index (χ4n) is 2.32. The molecule has 0 bridgehead atoms. The first-order valence-electron chi connectivity index (χ1n) is 6.41. The first-order valence-corrected chi connectivity index (χ1v) is 6.41. The summed E-state index contributed by atoms with van der Waals surface area (Å²) in [6.45, 7) is 3.54. The van der Waals surface area contributed by atoms with E-state index in [0.29, 0.717) is 25.9 Å². The minimum atomic E-state index is -1.04. The fourth-order valence-corrected chi connectivity index (χ4v) is 2.32. The third-order valence-electron chi connectivity index (χ3n) is 3.79. The number of carboxylic acid groups (broad SMARTS) is 1. The van der Waals surface area contributed by atoms with E-state index in [1.165, 1.54) is 5.56 Å². The van der Waals surface area contributed by atoms with Gasteiger partial charge in [-0.3, -0.25) is 4.79 Å². The molecule has 4 heteroatoms. The smallest absolute Gasteiger partial charge is 0.323 e. The van der Waals surface area contributed by atoms with Gasteiger partial charge in [-0.05, 0) is 37.0 Å². The summed E-state index contributed by atoms with van der Waals surface area (Å²) in [5.41, 5.74) is 7.29. The van der Waals surface area contributed by atoms with Gasteiger partial charge in [0.05, 0.1) is 0 Å². The van der Waals surface area contributed by atoms with Gasteiger partial charge in [0.15, 0.2) is 0 Å². The molecule has 1 aliphatic rings. The van der Waals surface area contributed by atoms with Crippen LogP contribution in [0.3, 0.4) is 0 Å². The number of nitrogens with two attached hydrogens (primary N) is 1. The van der Waals surface area contributed by atoms with Crippen molar-refractivity contribution in [3.63, 3.8) is 0 Å². The van der Waals surface area contributed by atoms with E-state index in [-0.39, 0.29) is 0 Å². The molecule has 3 N–H and O–H groups in total. The molecule has 2 rings (SSSR count). The van der Waals surface area contributed by atoms with Gasteiger partial charge in [-0.15, -0.1) is 0 Å². The van der Waals surface area contributed by atoms with Crippen LogP contribution in [0.15, 0.2) is 24.3 Å². The molecule has 1 aliphatic heterocycles. The minimum Gasteiger partial charge on any atom is -0.480 e. The van der Waals surface area contributed by atoms with Crippen LogP contribution in [-0.2, 0) is 11.2 Å². The number of piperidine rings is 1. The van der Waals surface area contributed by atoms with E-state index in [0.717, 1.165) is 12.1 Å². The highest BCUT2D eigenvalue weighted by Gasteiger charge is 2.37. The van der Waals surface area contributed by atoms with Gasteiger partial charge in [0.25, 0.3) is 0 Å². The monoisotopic (exact) mass is 248 g/mol. The molecule has 0 aliphatic carbocycles. The van der Waals surface area contributed by atoms with Gasteiger partial charge in [0.1, 0.15) is 5.54 Å². The summed E-state index contributed by atoms with van der Waals surface area (Å²) >= 11 is 0. The molecule has 1 aromatic rings. The van der Waals surface area contributed by atoms with E-state index in [1.54, 1.807) is 0 Å². The second-order valence-electron chi connectivity index (χ2n) is 4.97. The fraction of sp³-hybridized carbons (Fsp3) is 0.500. The van der Waals surface area contributed by atoms with Crippen LogP contribution in [0.5, 0.6) is 0 Å². The molecule has 4 nitrogen and oxygen atoms in total. The molecule has 0 atom stereocenters. The second kappa shape index (κ2) is 4.98. The number of nitrogens with zero attached hydrogens (tertiary/aromatic N) is 1. The van der Waals surface area contributed by atoms with Crippen molar-refractivity contribution in [2.45, 2.75) is 31.7 Å². The van der Waals surface area contributed by atoms with Crippen molar-refractivity contribution >= 4 is 11.7 Å². The number of aryl methyl sites for hydroxylation is 1. The lowest BCUT2D eigenvalue weighted by atomic mass is 9.88. The summed E-state index contributed by atoms with van der Waals surface area (Å²) in [4.78, 5) is 13.3. The van der Waals surface area contributed by atoms with Crippen LogP contribution in [-0.4, -0.2) is 29.7 Å². The van der Waals surface area contributed by atoms with Crippen molar-refractivity contribution in [3.8, 4) is 0 Å². The lowest BCUT2D eigenvalue weighted by molar-refractivity contribution is -0.144. The maximum Gasteiger partial charge on any atom is 0.323 e. The number of carbonyl (C=O) groups is 1. The maximum atomic E-state index is 11.1. The minimum absolute atomic E-state index is 0.498. The van der Waals surface area contributed by atoms with E-state index in [9.17, 15) is 4.79 Å². The van der Waals surface area contributed by atoms with Gasteiger partial charge < -0.3 is 15.7 Å². The zero-order chi connectivity index (χ0) is 13.2. The molecule has 18 heavy (non-hydrogen) atoms. The Kier molecular flexibility index (Phi) is 3.57. The predicted molar refractivity (Wildman–Crippen MR) is 71.8 cm³/mol. The highest BCUT2D eigenvalue weighted by Crippen LogP contribution is 2.25. The molecule has 1 heterocycles. The Bertz CT molecular complexity index is 420. The van der Waals surface area contributed by atoms with Crippen molar-refractivity contribution in [1.29, 1.82) is 0 Å². The number of anilines is 1. The lowest BCUT2D eigenvalue weighted by Gasteiger charge is -2.37. The average Bonchev–Trinajstić information content (AvgIpc) is 2.40. The summed E-state index contributed by atoms with van der Waals surface area (Å²) in [7, 11) is 0. The van der Waals surface area contributed by atoms with Crippen molar-refractivity contribution < 1.29 is 9.90 Å². The first-order chi connectivity index (χ1) is 8.55. The Hall–Kier alpha value is -1.55. The molecule has 0 spiro atoms. The Morgan fingerprint density at radius 1 is 1.33 bits per heavy atom. The van der Waals surface area contributed by atoms with Crippen LogP contribution in [0.4, 0.5) is 5.69 Å². The number of benzene rings is 1. The quantitative estimate of drug-likeness (QED) is 0.853. The van der Waals surface area contributed by atoms with Gasteiger partial charge in [-0.2, -0.15) is 0 Å². The molecule has 0 saturated carbocycles. The lowest BCUT2D eigenvalue weighted by Crippen LogP contribution is -2.55. The molecule has 0 amide bonds. The van der Waals surface area contributed by atoms with Gasteiger partial charge in [-0.25, -0.2) is 0 Å². The molecule has 1 saturated heterocycles. The topological polar surface area (TPSA) is 66.6 Å². The average molecular weight is 248 g/mol. The third-order valence-corrected chi connectivity index (χ3v) is 3.79. The van der Waals surface area contributed by atoms with E-state index in [1.807, 2.05) is 0 Å². The molecule has 0 radical (unpaired) electrons. The number of rotatable bonds is 3. The highest BCUT2D eigenvalue weighted by atomic mass is 16.4. The molecule has 0 unspecified atom stereocenters. The molecule has 1 aromatic carbocycles. The van der Waals surface area contributed by atoms with E-state index < -0.39 is 11.5 Å². The van der Waals surface area contributed by atoms with Gasteiger partial charge in [-0.1, -0.05) is 19.1 Å². The molecule has 0 aromatic heterocycles. The number of hydrogen-bond donors (Lipinski definition) is 2. The van der Waals surface area contributed by atoms with Crippen LogP contribution in [0.25, 0.3) is 0 Å². The van der Waals surface area contributed by atoms with E-state index in [2.05, 4.69) is 36.1 Å². The Morgan fingerprint density at radius 2 is 1.89 bits per heavy atom. The van der Waals surface area contributed by atoms with E-state index >= 15 is 0 Å². The van der Waals surface area contributed by atoms with Crippen LogP contribution in [0, 0.1) is 0 Å². The Balaban J connectivity index is 2.03. The first kappa shape index (κ1) is 12.9. The summed E-state index contributed by atoms with van der Waals surface area (Å²) in [6.07, 6.45) is 2.03. The standard InChI is InChI=1S/C14H20N2O2/c1-2-11-3-5-12(6-4-11)16-9-7-14(15,8-10-16)13(17)18/h3-6H,2,7-10,15H2,1H3,(H,17,18). The molecule has 98 valence electrons. The summed E-state index contributed by atoms with van der Waals surface area (Å²) in [6, 6.07) is 8.44. The maximum absolute atomic E-state index is 11.1. The normalized spacial score (nSPS) is 18.7. The van der Waals surface area contributed by atoms with Crippen LogP contribution in [0.2, 0.25) is 0 Å². The van der Waals surface area contributed by atoms with Gasteiger partial charge in [0, 0.05) is 18.8 Å². The van der Waals surface area contributed by atoms with Gasteiger partial charge >= 0.3 is 5.97 Å². The predicted octanol–water partition coefficient (Wildman–Crippen LogP) is 1.63. The van der Waals surface area contributed by atoms with Crippen LogP contribution >= 0.6 is 0 Å². The van der Waals surface area contributed by atoms with Crippen molar-refractivity contribution in [1.82, 2.24) is 0 Å². The molecular weight excluding hydrogens is 228 g/mol. The number of aliphatic carboxylic acids is 1. The van der Waals surface area contributed by atoms with Crippen LogP contribution in [0.1, 0.15) is 25.3 Å². The second-order valence-corrected chi connectivity index (χ2v) is 4.97. The van der Waals surface area contributed by atoms with Crippen LogP contribution < -0.4 is 10.6 Å². The van der Waals surface area contributed by atoms with Crippen molar-refractivity contribution in [2.24, 2.45) is 5.73 Å². The SMILES string of the molecule is CCc1ccc(N2CCC(N)(C(=O)O)CC2)cc1. The largest absolute Gasteiger partial charge is 0.480 e. The van der Waals surface area contributed by atoms with Crippen molar-refractivity contribution in [2.75, 3.05) is 18.0 Å². The summed E-state index contributed by atoms with van der Waals surface area (Å²) in [5, 5.41) is 9.08. The Labute approximate surface area is 107 Å². The zero-order valence-electron chi connectivity index (χ0n) is 10.7. The zero-order valence-corrected chi connectivity index (χ0v) is 10.7.